The molecule has 0 spiro atoms. The minimum Gasteiger partial charge on any atom is -0.465 e. The molecule has 2 aromatic rings. The lowest BCUT2D eigenvalue weighted by Gasteiger charge is -2.22. The van der Waals surface area contributed by atoms with Crippen LogP contribution in [0.2, 0.25) is 0 Å². The summed E-state index contributed by atoms with van der Waals surface area (Å²) in [6.07, 6.45) is 4.02. The van der Waals surface area contributed by atoms with E-state index in [2.05, 4.69) is 90.2 Å². The Hall–Kier alpha value is -2.29. The van der Waals surface area contributed by atoms with Crippen molar-refractivity contribution in [3.05, 3.63) is 58.7 Å². The molecule has 0 aliphatic carbocycles. The quantitative estimate of drug-likeness (QED) is 0.259. The Morgan fingerprint density at radius 2 is 1.40 bits per heavy atom. The van der Waals surface area contributed by atoms with E-state index >= 15 is 0 Å². The number of hydrogen-bond acceptors (Lipinski definition) is 2. The third-order valence-corrected chi connectivity index (χ3v) is 5.52. The molecule has 0 aliphatic rings. The summed E-state index contributed by atoms with van der Waals surface area (Å²) in [5.41, 5.74) is 7.31. The summed E-state index contributed by atoms with van der Waals surface area (Å²) in [5, 5.41) is 3.62. The van der Waals surface area contributed by atoms with Gasteiger partial charge in [0.1, 0.15) is 0 Å². The van der Waals surface area contributed by atoms with Crippen molar-refractivity contribution in [2.75, 3.05) is 11.9 Å². The molecule has 1 N–H and O–H groups in total. The average Bonchev–Trinajstić information content (AvgIpc) is 2.73. The Balaban J connectivity index is 2.57. The Morgan fingerprint density at radius 3 is 1.87 bits per heavy atom. The zero-order valence-corrected chi connectivity index (χ0v) is 20.0. The molecule has 3 nitrogen and oxygen atoms in total. The molecule has 0 atom stereocenters. The SMILES string of the molecule is CCCCOC(=Nc1c(CC)cccc1CC)Nc1c(C(C)C)cccc1C(C)C. The van der Waals surface area contributed by atoms with Crippen LogP contribution in [0.3, 0.4) is 0 Å². The second-order valence-electron chi connectivity index (χ2n) is 8.50. The van der Waals surface area contributed by atoms with E-state index in [9.17, 15) is 0 Å². The normalized spacial score (nSPS) is 12.0. The summed E-state index contributed by atoms with van der Waals surface area (Å²) in [6.45, 7) is 16.2. The molecule has 0 unspecified atom stereocenters. The number of rotatable bonds is 9. The first-order valence-corrected chi connectivity index (χ1v) is 11.6. The first-order chi connectivity index (χ1) is 14.4. The number of ether oxygens (including phenoxy) is 1. The molecule has 0 aromatic heterocycles. The number of hydrogen-bond donors (Lipinski definition) is 1. The van der Waals surface area contributed by atoms with Crippen molar-refractivity contribution >= 4 is 17.4 Å². The number of nitrogens with one attached hydrogen (secondary N) is 1. The summed E-state index contributed by atoms with van der Waals surface area (Å²) in [4.78, 5) is 5.05. The number of amidine groups is 1. The van der Waals surface area contributed by atoms with Crippen LogP contribution < -0.4 is 5.32 Å². The van der Waals surface area contributed by atoms with Crippen molar-refractivity contribution in [3.8, 4) is 0 Å². The summed E-state index contributed by atoms with van der Waals surface area (Å²) < 4.78 is 6.20. The van der Waals surface area contributed by atoms with Crippen LogP contribution in [0.4, 0.5) is 11.4 Å². The van der Waals surface area contributed by atoms with Crippen molar-refractivity contribution in [3.63, 3.8) is 0 Å². The fraction of sp³-hybridized carbons (Fsp3) is 0.519. The summed E-state index contributed by atoms with van der Waals surface area (Å²) in [7, 11) is 0. The zero-order valence-electron chi connectivity index (χ0n) is 20.0. The third-order valence-electron chi connectivity index (χ3n) is 5.52. The van der Waals surface area contributed by atoms with E-state index in [4.69, 9.17) is 9.73 Å². The Morgan fingerprint density at radius 1 is 0.867 bits per heavy atom. The van der Waals surface area contributed by atoms with Crippen LogP contribution in [0.15, 0.2) is 41.4 Å². The Bertz CT molecular complexity index is 788. The number of nitrogens with zero attached hydrogens (tertiary/aromatic N) is 1. The van der Waals surface area contributed by atoms with Crippen molar-refractivity contribution in [2.45, 2.75) is 86.0 Å². The van der Waals surface area contributed by atoms with Crippen molar-refractivity contribution in [1.29, 1.82) is 0 Å². The van der Waals surface area contributed by atoms with E-state index in [-0.39, 0.29) is 0 Å². The fourth-order valence-corrected chi connectivity index (χ4v) is 3.67. The highest BCUT2D eigenvalue weighted by atomic mass is 16.5. The van der Waals surface area contributed by atoms with Gasteiger partial charge in [0.25, 0.3) is 6.02 Å². The molecule has 0 fully saturated rings. The molecular weight excluding hydrogens is 368 g/mol. The summed E-state index contributed by atoms with van der Waals surface area (Å²) in [6, 6.07) is 13.7. The van der Waals surface area contributed by atoms with Crippen LogP contribution in [0.5, 0.6) is 0 Å². The molecule has 164 valence electrons. The molecule has 3 heteroatoms. The third kappa shape index (κ3) is 6.10. The molecule has 0 heterocycles. The van der Waals surface area contributed by atoms with Crippen LogP contribution in [-0.4, -0.2) is 12.6 Å². The predicted molar refractivity (Wildman–Crippen MR) is 131 cm³/mol. The first kappa shape index (κ1) is 24.0. The van der Waals surface area contributed by atoms with Crippen LogP contribution in [0.1, 0.15) is 95.4 Å². The molecule has 0 bridgehead atoms. The smallest absolute Gasteiger partial charge is 0.294 e. The van der Waals surface area contributed by atoms with E-state index in [1.165, 1.54) is 22.3 Å². The molecule has 0 amide bonds. The standard InChI is InChI=1S/C27H40N2O/c1-8-11-18-30-27(28-25-21(9-2)14-12-15-22(25)10-3)29-26-23(19(4)5)16-13-17-24(26)20(6)7/h12-17,19-20H,8-11,18H2,1-7H3,(H,28,29). The maximum atomic E-state index is 6.20. The molecular formula is C27H40N2O. The van der Waals surface area contributed by atoms with Gasteiger partial charge in [-0.25, -0.2) is 0 Å². The number of aryl methyl sites for hydroxylation is 2. The van der Waals surface area contributed by atoms with Gasteiger partial charge in [-0.15, -0.1) is 0 Å². The van der Waals surface area contributed by atoms with E-state index < -0.39 is 0 Å². The number of para-hydroxylation sites is 2. The Kier molecular flexibility index (Phi) is 9.42. The first-order valence-electron chi connectivity index (χ1n) is 11.6. The lowest BCUT2D eigenvalue weighted by atomic mass is 9.93. The van der Waals surface area contributed by atoms with Gasteiger partial charge >= 0.3 is 0 Å². The number of benzene rings is 2. The van der Waals surface area contributed by atoms with Crippen LogP contribution in [-0.2, 0) is 17.6 Å². The highest BCUT2D eigenvalue weighted by Gasteiger charge is 2.17. The van der Waals surface area contributed by atoms with Gasteiger partial charge in [-0.2, -0.15) is 4.99 Å². The van der Waals surface area contributed by atoms with Crippen LogP contribution in [0, 0.1) is 0 Å². The van der Waals surface area contributed by atoms with E-state index in [1.807, 2.05) is 0 Å². The minimum atomic E-state index is 0.414. The van der Waals surface area contributed by atoms with Gasteiger partial charge in [-0.05, 0) is 53.4 Å². The molecule has 0 radical (unpaired) electrons. The Labute approximate surface area is 184 Å². The molecule has 2 aromatic carbocycles. The minimum absolute atomic E-state index is 0.414. The largest absolute Gasteiger partial charge is 0.465 e. The van der Waals surface area contributed by atoms with E-state index in [0.717, 1.165) is 37.1 Å². The van der Waals surface area contributed by atoms with E-state index in [0.29, 0.717) is 24.5 Å². The summed E-state index contributed by atoms with van der Waals surface area (Å²) in [5.74, 6) is 0.828. The maximum Gasteiger partial charge on any atom is 0.294 e. The molecule has 0 saturated carbocycles. The number of anilines is 1. The lowest BCUT2D eigenvalue weighted by molar-refractivity contribution is 0.296. The van der Waals surface area contributed by atoms with Gasteiger partial charge in [0, 0.05) is 5.69 Å². The highest BCUT2D eigenvalue weighted by molar-refractivity contribution is 5.93. The van der Waals surface area contributed by atoms with E-state index in [1.54, 1.807) is 0 Å². The predicted octanol–water partition coefficient (Wildman–Crippen LogP) is 7.97. The average molecular weight is 409 g/mol. The molecule has 0 saturated heterocycles. The fourth-order valence-electron chi connectivity index (χ4n) is 3.67. The highest BCUT2D eigenvalue weighted by Crippen LogP contribution is 2.33. The van der Waals surface area contributed by atoms with Crippen LogP contribution in [0.25, 0.3) is 0 Å². The van der Waals surface area contributed by atoms with Gasteiger partial charge in [0.2, 0.25) is 0 Å². The van der Waals surface area contributed by atoms with Gasteiger partial charge < -0.3 is 10.1 Å². The zero-order chi connectivity index (χ0) is 22.1. The lowest BCUT2D eigenvalue weighted by Crippen LogP contribution is -2.20. The van der Waals surface area contributed by atoms with Crippen molar-refractivity contribution < 1.29 is 4.74 Å². The molecule has 0 aliphatic heterocycles. The van der Waals surface area contributed by atoms with Crippen molar-refractivity contribution in [1.82, 2.24) is 0 Å². The second-order valence-corrected chi connectivity index (χ2v) is 8.50. The van der Waals surface area contributed by atoms with Crippen LogP contribution >= 0.6 is 0 Å². The number of aliphatic imine (C=N–C) groups is 1. The number of unbranched alkanes of at least 4 members (excludes halogenated alkanes) is 1. The summed E-state index contributed by atoms with van der Waals surface area (Å²) >= 11 is 0. The van der Waals surface area contributed by atoms with Gasteiger partial charge in [0.05, 0.1) is 12.3 Å². The maximum absolute atomic E-state index is 6.20. The molecule has 30 heavy (non-hydrogen) atoms. The monoisotopic (exact) mass is 408 g/mol. The van der Waals surface area contributed by atoms with Gasteiger partial charge in [-0.3, -0.25) is 0 Å². The van der Waals surface area contributed by atoms with Gasteiger partial charge in [-0.1, -0.05) is 91.3 Å². The topological polar surface area (TPSA) is 33.6 Å². The second kappa shape index (κ2) is 11.8. The van der Waals surface area contributed by atoms with Gasteiger partial charge in [0.15, 0.2) is 0 Å². The van der Waals surface area contributed by atoms with Crippen molar-refractivity contribution in [2.24, 2.45) is 4.99 Å². The molecule has 2 rings (SSSR count).